The second-order valence-corrected chi connectivity index (χ2v) is 6.87. The lowest BCUT2D eigenvalue weighted by molar-refractivity contribution is 0.0941. The molecule has 3 aromatic rings. The third kappa shape index (κ3) is 3.60. The molecule has 2 aromatic carbocycles. The minimum Gasteiger partial charge on any atom is -0.492 e. The van der Waals surface area contributed by atoms with Gasteiger partial charge in [-0.2, -0.15) is 0 Å². The van der Waals surface area contributed by atoms with E-state index in [0.29, 0.717) is 13.2 Å². The van der Waals surface area contributed by atoms with Gasteiger partial charge in [-0.1, -0.05) is 38.1 Å². The first-order valence-electron chi connectivity index (χ1n) is 8.79. The fourth-order valence-corrected chi connectivity index (χ4v) is 3.00. The van der Waals surface area contributed by atoms with Crippen LogP contribution < -0.4 is 4.74 Å². The van der Waals surface area contributed by atoms with Crippen molar-refractivity contribution in [3.8, 4) is 5.75 Å². The number of nitrogens with zero attached hydrogens (tertiary/aromatic N) is 1. The molecule has 3 heteroatoms. The number of aromatic nitrogens is 1. The number of Topliss-reactive ketones (excluding diaryl/α,β-unsaturated/α-hetero) is 1. The summed E-state index contributed by atoms with van der Waals surface area (Å²) in [5.41, 5.74) is 4.38. The average molecular weight is 335 g/mol. The zero-order valence-electron chi connectivity index (χ0n) is 15.4. The zero-order chi connectivity index (χ0) is 18.0. The number of rotatable bonds is 6. The molecule has 25 heavy (non-hydrogen) atoms. The minimum atomic E-state index is -0.00830. The number of para-hydroxylation sites is 1. The van der Waals surface area contributed by atoms with Gasteiger partial charge in [0.25, 0.3) is 0 Å². The van der Waals surface area contributed by atoms with Crippen molar-refractivity contribution in [1.82, 2.24) is 4.57 Å². The Labute approximate surface area is 149 Å². The van der Waals surface area contributed by atoms with Crippen LogP contribution in [0, 0.1) is 19.8 Å². The highest BCUT2D eigenvalue weighted by molar-refractivity contribution is 6.08. The fourth-order valence-electron chi connectivity index (χ4n) is 3.00. The van der Waals surface area contributed by atoms with Crippen LogP contribution in [0.3, 0.4) is 0 Å². The molecular weight excluding hydrogens is 310 g/mol. The SMILES string of the molecule is Cc1ccc(OCCn2cc(C(=O)C(C)C)c3ccccc32)cc1C. The molecule has 0 N–H and O–H groups in total. The second-order valence-electron chi connectivity index (χ2n) is 6.87. The van der Waals surface area contributed by atoms with Crippen molar-refractivity contribution in [2.45, 2.75) is 34.2 Å². The molecule has 0 saturated carbocycles. The van der Waals surface area contributed by atoms with E-state index in [9.17, 15) is 4.79 Å². The highest BCUT2D eigenvalue weighted by atomic mass is 16.5. The van der Waals surface area contributed by atoms with Gasteiger partial charge in [0.1, 0.15) is 12.4 Å². The first kappa shape index (κ1) is 17.3. The van der Waals surface area contributed by atoms with Gasteiger partial charge in [-0.15, -0.1) is 0 Å². The maximum Gasteiger partial charge on any atom is 0.167 e. The van der Waals surface area contributed by atoms with Gasteiger partial charge in [0.15, 0.2) is 5.78 Å². The minimum absolute atomic E-state index is 0.00830. The molecule has 0 amide bonds. The van der Waals surface area contributed by atoms with Crippen molar-refractivity contribution in [3.63, 3.8) is 0 Å². The Balaban J connectivity index is 1.79. The number of aryl methyl sites for hydroxylation is 2. The largest absolute Gasteiger partial charge is 0.492 e. The summed E-state index contributed by atoms with van der Waals surface area (Å²) >= 11 is 0. The molecule has 1 heterocycles. The number of ketones is 1. The first-order valence-corrected chi connectivity index (χ1v) is 8.79. The van der Waals surface area contributed by atoms with E-state index in [2.05, 4.69) is 36.6 Å². The molecule has 130 valence electrons. The van der Waals surface area contributed by atoms with Crippen molar-refractivity contribution < 1.29 is 9.53 Å². The van der Waals surface area contributed by atoms with Crippen molar-refractivity contribution >= 4 is 16.7 Å². The van der Waals surface area contributed by atoms with E-state index < -0.39 is 0 Å². The van der Waals surface area contributed by atoms with Gasteiger partial charge in [0.05, 0.1) is 6.54 Å². The van der Waals surface area contributed by atoms with Gasteiger partial charge in [0.2, 0.25) is 0 Å². The lowest BCUT2D eigenvalue weighted by Gasteiger charge is -2.10. The van der Waals surface area contributed by atoms with Crippen LogP contribution in [0.1, 0.15) is 35.3 Å². The Morgan fingerprint density at radius 2 is 1.84 bits per heavy atom. The van der Waals surface area contributed by atoms with Crippen molar-refractivity contribution in [2.75, 3.05) is 6.61 Å². The molecule has 0 fully saturated rings. The number of benzene rings is 2. The highest BCUT2D eigenvalue weighted by Crippen LogP contribution is 2.24. The summed E-state index contributed by atoms with van der Waals surface area (Å²) in [6.45, 7) is 9.34. The molecule has 0 unspecified atom stereocenters. The van der Waals surface area contributed by atoms with Gasteiger partial charge in [-0.3, -0.25) is 4.79 Å². The van der Waals surface area contributed by atoms with Crippen LogP contribution in [0.4, 0.5) is 0 Å². The summed E-state index contributed by atoms with van der Waals surface area (Å²) in [6, 6.07) is 14.2. The van der Waals surface area contributed by atoms with Gasteiger partial charge in [-0.25, -0.2) is 0 Å². The van der Waals surface area contributed by atoms with E-state index >= 15 is 0 Å². The van der Waals surface area contributed by atoms with Crippen molar-refractivity contribution in [2.24, 2.45) is 5.92 Å². The third-order valence-electron chi connectivity index (χ3n) is 4.66. The first-order chi connectivity index (χ1) is 12.0. The molecule has 0 atom stereocenters. The predicted molar refractivity (Wildman–Crippen MR) is 103 cm³/mol. The van der Waals surface area contributed by atoms with Gasteiger partial charge >= 0.3 is 0 Å². The molecule has 0 spiro atoms. The molecule has 0 aliphatic rings. The van der Waals surface area contributed by atoms with Crippen LogP contribution in [-0.2, 0) is 6.54 Å². The Kier molecular flexibility index (Phi) is 4.93. The number of hydrogen-bond acceptors (Lipinski definition) is 2. The number of hydrogen-bond donors (Lipinski definition) is 0. The van der Waals surface area contributed by atoms with Crippen LogP contribution in [0.5, 0.6) is 5.75 Å². The van der Waals surface area contributed by atoms with E-state index in [1.54, 1.807) is 0 Å². The highest BCUT2D eigenvalue weighted by Gasteiger charge is 2.17. The number of fused-ring (bicyclic) bond motifs is 1. The number of carbonyl (C=O) groups excluding carboxylic acids is 1. The lowest BCUT2D eigenvalue weighted by Crippen LogP contribution is -2.09. The second kappa shape index (κ2) is 7.14. The Hall–Kier alpha value is -2.55. The molecule has 0 saturated heterocycles. The van der Waals surface area contributed by atoms with E-state index in [0.717, 1.165) is 22.2 Å². The molecule has 0 aliphatic heterocycles. The average Bonchev–Trinajstić information content (AvgIpc) is 2.96. The summed E-state index contributed by atoms with van der Waals surface area (Å²) in [5, 5.41) is 1.02. The van der Waals surface area contributed by atoms with Crippen LogP contribution in [0.25, 0.3) is 10.9 Å². The summed E-state index contributed by atoms with van der Waals surface area (Å²) in [6.07, 6.45) is 1.97. The molecule has 0 bridgehead atoms. The van der Waals surface area contributed by atoms with Crippen LogP contribution in [0.2, 0.25) is 0 Å². The maximum absolute atomic E-state index is 12.5. The van der Waals surface area contributed by atoms with Crippen LogP contribution in [0.15, 0.2) is 48.7 Å². The molecular formula is C22H25NO2. The maximum atomic E-state index is 12.5. The number of ether oxygens (including phenoxy) is 1. The van der Waals surface area contributed by atoms with Crippen molar-refractivity contribution in [1.29, 1.82) is 0 Å². The summed E-state index contributed by atoms with van der Waals surface area (Å²) in [7, 11) is 0. The monoisotopic (exact) mass is 335 g/mol. The van der Waals surface area contributed by atoms with Gasteiger partial charge in [-0.05, 0) is 43.2 Å². The Bertz CT molecular complexity index is 906. The van der Waals surface area contributed by atoms with E-state index in [1.807, 2.05) is 44.3 Å². The molecule has 3 rings (SSSR count). The Morgan fingerprint density at radius 3 is 2.56 bits per heavy atom. The van der Waals surface area contributed by atoms with E-state index in [4.69, 9.17) is 4.74 Å². The summed E-state index contributed by atoms with van der Waals surface area (Å²) < 4.78 is 8.02. The molecule has 0 radical (unpaired) electrons. The van der Waals surface area contributed by atoms with Crippen LogP contribution >= 0.6 is 0 Å². The summed E-state index contributed by atoms with van der Waals surface area (Å²) in [5.74, 6) is 1.06. The normalized spacial score (nSPS) is 11.2. The predicted octanol–water partition coefficient (Wildman–Crippen LogP) is 5.18. The topological polar surface area (TPSA) is 31.2 Å². The Morgan fingerprint density at radius 1 is 1.08 bits per heavy atom. The molecule has 3 nitrogen and oxygen atoms in total. The zero-order valence-corrected chi connectivity index (χ0v) is 15.4. The standard InChI is InChI=1S/C22H25NO2/c1-15(2)22(24)20-14-23(21-8-6-5-7-19(20)21)11-12-25-18-10-9-16(3)17(4)13-18/h5-10,13-15H,11-12H2,1-4H3. The fraction of sp³-hybridized carbons (Fsp3) is 0.318. The van der Waals surface area contributed by atoms with E-state index in [1.165, 1.54) is 11.1 Å². The number of carbonyl (C=O) groups is 1. The lowest BCUT2D eigenvalue weighted by atomic mass is 10.0. The third-order valence-corrected chi connectivity index (χ3v) is 4.66. The van der Waals surface area contributed by atoms with Gasteiger partial charge < -0.3 is 9.30 Å². The van der Waals surface area contributed by atoms with Crippen LogP contribution in [-0.4, -0.2) is 17.0 Å². The smallest absolute Gasteiger partial charge is 0.167 e. The van der Waals surface area contributed by atoms with Gasteiger partial charge in [0, 0.05) is 28.6 Å². The molecule has 1 aromatic heterocycles. The molecule has 0 aliphatic carbocycles. The summed E-state index contributed by atoms with van der Waals surface area (Å²) in [4.78, 5) is 12.5. The van der Waals surface area contributed by atoms with E-state index in [-0.39, 0.29) is 11.7 Å². The quantitative estimate of drug-likeness (QED) is 0.582. The van der Waals surface area contributed by atoms with Crippen molar-refractivity contribution in [3.05, 3.63) is 65.4 Å².